The second kappa shape index (κ2) is 21.9. The van der Waals surface area contributed by atoms with Crippen molar-refractivity contribution in [1.82, 2.24) is 25.1 Å². The number of nitrogens with one attached hydrogen (secondary N) is 2. The molecule has 2 saturated carbocycles. The van der Waals surface area contributed by atoms with Gasteiger partial charge >= 0.3 is 12.1 Å². The molecule has 4 aromatic carbocycles. The van der Waals surface area contributed by atoms with Crippen LogP contribution < -0.4 is 5.32 Å². The van der Waals surface area contributed by atoms with E-state index < -0.39 is 36.2 Å². The molecule has 400 valence electrons. The lowest BCUT2D eigenvalue weighted by molar-refractivity contribution is -0.151. The molecule has 14 rings (SSSR count). The summed E-state index contributed by atoms with van der Waals surface area (Å²) in [5, 5.41) is 2.77. The molecular formula is C62H74N6O8. The van der Waals surface area contributed by atoms with Crippen LogP contribution in [0.3, 0.4) is 0 Å². The Labute approximate surface area is 446 Å². The van der Waals surface area contributed by atoms with E-state index in [1.807, 2.05) is 11.8 Å². The molecule has 76 heavy (non-hydrogen) atoms. The molecule has 5 aromatic rings. The van der Waals surface area contributed by atoms with Gasteiger partial charge < -0.3 is 39.0 Å². The minimum Gasteiger partial charge on any atom is -0.469 e. The SMILES string of the molecule is COC(=O)CC(C(=O)N1C(C2=Nc3cc(-c4cc5ccc4CCc4ccc(c(-c6ccc7nc(C8CC9CCCCC9N8C(=O)C(NC(=O)OC)C(C)OC)[nH]c7c6)c4)CC5)ccc3C2)CC2CCCCC21)C(C)OC. The van der Waals surface area contributed by atoms with Crippen molar-refractivity contribution in [3.05, 3.63) is 106 Å². The summed E-state index contributed by atoms with van der Waals surface area (Å²) in [6.45, 7) is 3.67. The maximum Gasteiger partial charge on any atom is 0.407 e. The molecule has 4 heterocycles. The lowest BCUT2D eigenvalue weighted by Crippen LogP contribution is -2.56. The van der Waals surface area contributed by atoms with E-state index in [9.17, 15) is 19.2 Å². The van der Waals surface area contributed by atoms with Gasteiger partial charge in [-0.2, -0.15) is 0 Å². The summed E-state index contributed by atoms with van der Waals surface area (Å²) in [7, 11) is 5.83. The monoisotopic (exact) mass is 1030 g/mol. The van der Waals surface area contributed by atoms with Gasteiger partial charge in [-0.3, -0.25) is 19.4 Å². The van der Waals surface area contributed by atoms with E-state index in [4.69, 9.17) is 28.9 Å². The van der Waals surface area contributed by atoms with Gasteiger partial charge in [0.25, 0.3) is 0 Å². The minimum atomic E-state index is -0.902. The number of carbonyl (C=O) groups is 4. The van der Waals surface area contributed by atoms with Crippen LogP contribution in [-0.2, 0) is 65.4 Å². The van der Waals surface area contributed by atoms with E-state index in [1.54, 1.807) is 21.1 Å². The zero-order chi connectivity index (χ0) is 52.8. The zero-order valence-corrected chi connectivity index (χ0v) is 45.1. The molecule has 9 aliphatic rings. The number of benzene rings is 4. The van der Waals surface area contributed by atoms with Crippen LogP contribution in [0, 0.1) is 17.8 Å². The normalized spacial score (nSPS) is 24.4. The van der Waals surface area contributed by atoms with E-state index >= 15 is 0 Å². The average Bonchev–Trinajstić information content (AvgIpc) is 4.30. The van der Waals surface area contributed by atoms with Gasteiger partial charge in [0.15, 0.2) is 0 Å². The van der Waals surface area contributed by atoms with Crippen molar-refractivity contribution in [2.45, 2.75) is 159 Å². The molecule has 1 aromatic heterocycles. The van der Waals surface area contributed by atoms with Gasteiger partial charge in [-0.05, 0) is 158 Å². The number of carbonyl (C=O) groups excluding carboxylic acids is 4. The molecule has 0 spiro atoms. The van der Waals surface area contributed by atoms with Crippen molar-refractivity contribution in [2.24, 2.45) is 22.7 Å². The van der Waals surface area contributed by atoms with Crippen LogP contribution in [0.2, 0.25) is 0 Å². The molecule has 10 unspecified atom stereocenters. The number of likely N-dealkylation sites (tertiary alicyclic amines) is 2. The third-order valence-corrected chi connectivity index (χ3v) is 18.4. The first-order valence-corrected chi connectivity index (χ1v) is 28.0. The predicted octanol–water partition coefficient (Wildman–Crippen LogP) is 10.4. The Balaban J connectivity index is 0.841. The number of methoxy groups -OCH3 is 4. The number of imidazole rings is 1. The Morgan fingerprint density at radius 2 is 1.25 bits per heavy atom. The number of aliphatic imine (C=N–C) groups is 1. The number of fused-ring (bicyclic) bond motifs is 4. The predicted molar refractivity (Wildman–Crippen MR) is 292 cm³/mol. The first-order chi connectivity index (χ1) is 36.9. The lowest BCUT2D eigenvalue weighted by atomic mass is 9.84. The summed E-state index contributed by atoms with van der Waals surface area (Å²) in [6, 6.07) is 26.2. The highest BCUT2D eigenvalue weighted by molar-refractivity contribution is 6.01. The third-order valence-electron chi connectivity index (χ3n) is 18.4. The van der Waals surface area contributed by atoms with Gasteiger partial charge in [-0.25, -0.2) is 9.78 Å². The number of esters is 1. The molecule has 0 radical (unpaired) electrons. The van der Waals surface area contributed by atoms with Gasteiger partial charge in [-0.15, -0.1) is 0 Å². The fourth-order valence-electron chi connectivity index (χ4n) is 14.0. The van der Waals surface area contributed by atoms with Crippen molar-refractivity contribution in [3.63, 3.8) is 0 Å². The molecular weight excluding hydrogens is 957 g/mol. The Morgan fingerprint density at radius 3 is 1.88 bits per heavy atom. The van der Waals surface area contributed by atoms with E-state index in [2.05, 4.69) is 88.0 Å². The van der Waals surface area contributed by atoms with E-state index in [1.165, 1.54) is 59.6 Å². The van der Waals surface area contributed by atoms with E-state index in [0.29, 0.717) is 18.3 Å². The van der Waals surface area contributed by atoms with Crippen molar-refractivity contribution in [3.8, 4) is 22.3 Å². The van der Waals surface area contributed by atoms with Crippen LogP contribution in [0.15, 0.2) is 77.8 Å². The smallest absolute Gasteiger partial charge is 0.407 e. The topological polar surface area (TPSA) is 165 Å². The van der Waals surface area contributed by atoms with E-state index in [-0.39, 0.29) is 42.4 Å². The molecule has 4 fully saturated rings. The van der Waals surface area contributed by atoms with Crippen molar-refractivity contribution in [1.29, 1.82) is 0 Å². The fourth-order valence-corrected chi connectivity index (χ4v) is 14.0. The highest BCUT2D eigenvalue weighted by Crippen LogP contribution is 2.48. The number of aromatic amines is 1. The summed E-state index contributed by atoms with van der Waals surface area (Å²) in [5.74, 6) is 0.314. The Kier molecular flexibility index (Phi) is 14.9. The number of aromatic nitrogens is 2. The molecule has 3 aliphatic heterocycles. The zero-order valence-electron chi connectivity index (χ0n) is 45.1. The number of hydrogen-bond acceptors (Lipinski definition) is 10. The quantitative estimate of drug-likeness (QED) is 0.109. The number of alkyl carbamates (subject to hydrolysis) is 1. The Hall–Kier alpha value is -6.38. The summed E-state index contributed by atoms with van der Waals surface area (Å²) in [4.78, 5) is 72.7. The molecule has 4 bridgehead atoms. The Bertz CT molecular complexity index is 3060. The first-order valence-electron chi connectivity index (χ1n) is 28.0. The Morgan fingerprint density at radius 1 is 0.658 bits per heavy atom. The summed E-state index contributed by atoms with van der Waals surface area (Å²) in [5.41, 5.74) is 14.9. The van der Waals surface area contributed by atoms with Gasteiger partial charge in [0.05, 0.1) is 67.6 Å². The van der Waals surface area contributed by atoms with Crippen LogP contribution in [0.25, 0.3) is 33.3 Å². The van der Waals surface area contributed by atoms with Gasteiger partial charge in [-0.1, -0.05) is 80.3 Å². The van der Waals surface area contributed by atoms with Gasteiger partial charge in [0, 0.05) is 38.4 Å². The molecule has 2 saturated heterocycles. The lowest BCUT2D eigenvalue weighted by Gasteiger charge is -2.37. The summed E-state index contributed by atoms with van der Waals surface area (Å²) >= 11 is 0. The van der Waals surface area contributed by atoms with Crippen molar-refractivity contribution in [2.75, 3.05) is 28.4 Å². The maximum atomic E-state index is 14.7. The largest absolute Gasteiger partial charge is 0.469 e. The van der Waals surface area contributed by atoms with Gasteiger partial charge in [0.2, 0.25) is 11.8 Å². The molecule has 3 amide bonds. The third kappa shape index (κ3) is 9.96. The second-order valence-electron chi connectivity index (χ2n) is 22.6. The molecule has 10 atom stereocenters. The van der Waals surface area contributed by atoms with Crippen molar-refractivity contribution >= 4 is 46.3 Å². The molecule has 14 nitrogen and oxygen atoms in total. The van der Waals surface area contributed by atoms with Crippen LogP contribution in [0.1, 0.15) is 124 Å². The van der Waals surface area contributed by atoms with Crippen LogP contribution in [0.5, 0.6) is 0 Å². The fraction of sp³-hybridized carbons (Fsp3) is 0.516. The number of ether oxygens (including phenoxy) is 4. The number of rotatable bonds is 13. The molecule has 14 heteroatoms. The van der Waals surface area contributed by atoms with Crippen LogP contribution in [0.4, 0.5) is 10.5 Å². The first kappa shape index (κ1) is 51.7. The van der Waals surface area contributed by atoms with Crippen LogP contribution >= 0.6 is 0 Å². The maximum absolute atomic E-state index is 14.7. The molecule has 6 aliphatic carbocycles. The number of aryl methyl sites for hydroxylation is 4. The average molecular weight is 1030 g/mol. The summed E-state index contributed by atoms with van der Waals surface area (Å²) < 4.78 is 21.3. The number of H-pyrrole nitrogens is 1. The molecule has 2 N–H and O–H groups in total. The van der Waals surface area contributed by atoms with Crippen molar-refractivity contribution < 1.29 is 38.1 Å². The standard InChI is InChI=1S/C62H74N6O8/c1-35(73-3)46(34-57(69)75-5)60(70)67-53-13-9-7-11-44(53)32-55(67)52-31-43-24-23-41(29-50(43)63-52)47-27-37-15-19-39(47)20-16-38-18-22-40(21-17-37)48(28-38)42-25-26-49-51(30-42)65-59(64-49)56-33-45-12-8-10-14-54(45)68(56)61(71)58(36(2)74-4)66-62(72)76-6/h15,18-19,22-30,35-36,44-46,53-56,58H,7-14,16-17,20-21,31-34H2,1-6H3,(H,64,65)(H,66,72). The van der Waals surface area contributed by atoms with E-state index in [0.717, 1.165) is 123 Å². The number of hydrogen-bond donors (Lipinski definition) is 2. The van der Waals surface area contributed by atoms with Gasteiger partial charge in [0.1, 0.15) is 11.9 Å². The summed E-state index contributed by atoms with van der Waals surface area (Å²) in [6.07, 6.45) is 12.7. The van der Waals surface area contributed by atoms with Crippen LogP contribution in [-0.4, -0.2) is 114 Å². The minimum absolute atomic E-state index is 0.0113. The number of amides is 3. The highest BCUT2D eigenvalue weighted by atomic mass is 16.5. The highest BCUT2D eigenvalue weighted by Gasteiger charge is 2.51. The second-order valence-corrected chi connectivity index (χ2v) is 22.6. The number of nitrogens with zero attached hydrogens (tertiary/aromatic N) is 4.